The van der Waals surface area contributed by atoms with Crippen LogP contribution in [0.5, 0.6) is 0 Å². The summed E-state index contributed by atoms with van der Waals surface area (Å²) < 4.78 is 5.16. The largest absolute Gasteiger partial charge is 0.369 e. The Hall–Kier alpha value is -2.37. The van der Waals surface area contributed by atoms with Crippen LogP contribution in [0.4, 0.5) is 5.69 Å². The van der Waals surface area contributed by atoms with Crippen molar-refractivity contribution in [3.63, 3.8) is 0 Å². The first-order chi connectivity index (χ1) is 9.65. The first-order valence-corrected chi connectivity index (χ1v) is 6.57. The zero-order valence-corrected chi connectivity index (χ0v) is 11.2. The molecule has 104 valence electrons. The van der Waals surface area contributed by atoms with Crippen molar-refractivity contribution in [3.8, 4) is 0 Å². The van der Waals surface area contributed by atoms with Crippen LogP contribution in [0.1, 0.15) is 29.6 Å². The van der Waals surface area contributed by atoms with Crippen molar-refractivity contribution < 1.29 is 9.32 Å². The number of carbonyl (C=O) groups is 1. The maximum absolute atomic E-state index is 11.5. The van der Waals surface area contributed by atoms with Gasteiger partial charge in [-0.3, -0.25) is 4.79 Å². The molecule has 2 heterocycles. The lowest BCUT2D eigenvalue weighted by atomic mass is 9.89. The molecule has 2 N–H and O–H groups in total. The molecule has 0 aliphatic carbocycles. The number of amides is 1. The lowest BCUT2D eigenvalue weighted by molar-refractivity contribution is -0.119. The summed E-state index contributed by atoms with van der Waals surface area (Å²) in [7, 11) is 0. The predicted octanol–water partition coefficient (Wildman–Crippen LogP) is 1.36. The summed E-state index contributed by atoms with van der Waals surface area (Å²) in [5, 5.41) is 3.79. The minimum absolute atomic E-state index is 0.216. The number of hydrogen-bond acceptors (Lipinski definition) is 5. The van der Waals surface area contributed by atoms with Gasteiger partial charge in [-0.1, -0.05) is 23.4 Å². The lowest BCUT2D eigenvalue weighted by Gasteiger charge is -2.33. The number of fused-ring (bicyclic) bond motifs is 1. The average molecular weight is 272 g/mol. The number of aryl methyl sites for hydroxylation is 1. The highest BCUT2D eigenvalue weighted by Crippen LogP contribution is 2.35. The van der Waals surface area contributed by atoms with E-state index in [0.29, 0.717) is 24.7 Å². The fourth-order valence-electron chi connectivity index (χ4n) is 2.66. The van der Waals surface area contributed by atoms with E-state index in [1.165, 1.54) is 0 Å². The molecule has 1 unspecified atom stereocenters. The molecule has 6 nitrogen and oxygen atoms in total. The molecule has 0 radical (unpaired) electrons. The summed E-state index contributed by atoms with van der Waals surface area (Å²) in [4.78, 5) is 17.9. The predicted molar refractivity (Wildman–Crippen MR) is 73.1 cm³/mol. The molecule has 1 atom stereocenters. The molecule has 6 heteroatoms. The van der Waals surface area contributed by atoms with E-state index in [2.05, 4.69) is 15.0 Å². The van der Waals surface area contributed by atoms with Crippen molar-refractivity contribution in [2.75, 3.05) is 11.4 Å². The van der Waals surface area contributed by atoms with Crippen LogP contribution in [0.15, 0.2) is 28.8 Å². The van der Waals surface area contributed by atoms with Crippen molar-refractivity contribution >= 4 is 11.6 Å². The molecule has 1 amide bonds. The van der Waals surface area contributed by atoms with Crippen LogP contribution in [-0.2, 0) is 11.3 Å². The van der Waals surface area contributed by atoms with Gasteiger partial charge >= 0.3 is 0 Å². The Kier molecular flexibility index (Phi) is 3.14. The number of nitrogens with zero attached hydrogens (tertiary/aromatic N) is 3. The average Bonchev–Trinajstić information content (AvgIpc) is 2.84. The maximum atomic E-state index is 11.5. The van der Waals surface area contributed by atoms with E-state index in [-0.39, 0.29) is 11.8 Å². The molecule has 1 aromatic heterocycles. The van der Waals surface area contributed by atoms with Gasteiger partial charge in [-0.15, -0.1) is 0 Å². The summed E-state index contributed by atoms with van der Waals surface area (Å²) in [5.41, 5.74) is 7.47. The van der Waals surface area contributed by atoms with E-state index in [9.17, 15) is 4.79 Å². The number of primary amides is 1. The smallest absolute Gasteiger partial charge is 0.246 e. The van der Waals surface area contributed by atoms with Crippen molar-refractivity contribution in [1.29, 1.82) is 0 Å². The second kappa shape index (κ2) is 4.96. The van der Waals surface area contributed by atoms with Gasteiger partial charge in [-0.25, -0.2) is 0 Å². The minimum Gasteiger partial charge on any atom is -0.369 e. The Morgan fingerprint density at radius 3 is 3.00 bits per heavy atom. The molecule has 0 fully saturated rings. The van der Waals surface area contributed by atoms with Crippen LogP contribution in [0.3, 0.4) is 0 Å². The number of aromatic nitrogens is 2. The van der Waals surface area contributed by atoms with Crippen LogP contribution in [0, 0.1) is 6.92 Å². The first-order valence-electron chi connectivity index (χ1n) is 6.57. The topological polar surface area (TPSA) is 85.3 Å². The Morgan fingerprint density at radius 2 is 2.30 bits per heavy atom. The fraction of sp³-hybridized carbons (Fsp3) is 0.357. The molecule has 1 aliphatic rings. The number of para-hydroxylation sites is 1. The second-order valence-electron chi connectivity index (χ2n) is 4.96. The van der Waals surface area contributed by atoms with Gasteiger partial charge in [-0.05, 0) is 25.0 Å². The number of benzene rings is 1. The summed E-state index contributed by atoms with van der Waals surface area (Å²) in [6, 6.07) is 7.83. The van der Waals surface area contributed by atoms with E-state index in [1.807, 2.05) is 24.3 Å². The van der Waals surface area contributed by atoms with Gasteiger partial charge in [0.1, 0.15) is 0 Å². The van der Waals surface area contributed by atoms with Gasteiger partial charge in [0, 0.05) is 12.2 Å². The molecule has 0 saturated carbocycles. The molecular weight excluding hydrogens is 256 g/mol. The van der Waals surface area contributed by atoms with Gasteiger partial charge < -0.3 is 15.2 Å². The van der Waals surface area contributed by atoms with Crippen LogP contribution >= 0.6 is 0 Å². The van der Waals surface area contributed by atoms with E-state index < -0.39 is 0 Å². The number of rotatable bonds is 3. The van der Waals surface area contributed by atoms with Crippen molar-refractivity contribution in [2.45, 2.75) is 25.8 Å². The number of anilines is 1. The molecular formula is C14H16N4O2. The van der Waals surface area contributed by atoms with Crippen LogP contribution in [0.2, 0.25) is 0 Å². The van der Waals surface area contributed by atoms with Gasteiger partial charge in [0.25, 0.3) is 0 Å². The van der Waals surface area contributed by atoms with Crippen LogP contribution < -0.4 is 10.6 Å². The van der Waals surface area contributed by atoms with Gasteiger partial charge in [0.05, 0.1) is 12.5 Å². The molecule has 0 spiro atoms. The molecule has 2 aromatic rings. The molecule has 0 bridgehead atoms. The quantitative estimate of drug-likeness (QED) is 0.911. The summed E-state index contributed by atoms with van der Waals surface area (Å²) in [5.74, 6) is 0.716. The minimum atomic E-state index is -0.272. The summed E-state index contributed by atoms with van der Waals surface area (Å²) in [6.07, 6.45) is 0.708. The monoisotopic (exact) mass is 272 g/mol. The summed E-state index contributed by atoms with van der Waals surface area (Å²) in [6.45, 7) is 3.08. The van der Waals surface area contributed by atoms with E-state index in [1.54, 1.807) is 6.92 Å². The SMILES string of the molecule is Cc1noc(CN2CCC(C(N)=O)c3ccccc32)n1. The lowest BCUT2D eigenvalue weighted by Crippen LogP contribution is -2.35. The van der Waals surface area contributed by atoms with E-state index in [4.69, 9.17) is 10.3 Å². The van der Waals surface area contributed by atoms with Gasteiger partial charge in [0.2, 0.25) is 11.8 Å². The highest BCUT2D eigenvalue weighted by atomic mass is 16.5. The molecule has 20 heavy (non-hydrogen) atoms. The zero-order valence-electron chi connectivity index (χ0n) is 11.2. The van der Waals surface area contributed by atoms with Gasteiger partial charge in [0.15, 0.2) is 5.82 Å². The first kappa shape index (κ1) is 12.7. The number of hydrogen-bond donors (Lipinski definition) is 1. The standard InChI is InChI=1S/C14H16N4O2/c1-9-16-13(20-17-9)8-18-7-6-11(14(15)19)10-4-2-3-5-12(10)18/h2-5,11H,6-8H2,1H3,(H2,15,19). The highest BCUT2D eigenvalue weighted by Gasteiger charge is 2.29. The van der Waals surface area contributed by atoms with Crippen molar-refractivity contribution in [2.24, 2.45) is 5.73 Å². The second-order valence-corrected chi connectivity index (χ2v) is 4.96. The van der Waals surface area contributed by atoms with Crippen molar-refractivity contribution in [1.82, 2.24) is 10.1 Å². The number of nitrogens with two attached hydrogens (primary N) is 1. The van der Waals surface area contributed by atoms with Crippen LogP contribution in [0.25, 0.3) is 0 Å². The van der Waals surface area contributed by atoms with Crippen LogP contribution in [-0.4, -0.2) is 22.6 Å². The molecule has 1 aliphatic heterocycles. The van der Waals surface area contributed by atoms with Crippen molar-refractivity contribution in [3.05, 3.63) is 41.5 Å². The Labute approximate surface area is 116 Å². The number of carbonyl (C=O) groups excluding carboxylic acids is 1. The molecule has 3 rings (SSSR count). The third kappa shape index (κ3) is 2.24. The molecule has 0 saturated heterocycles. The third-order valence-corrected chi connectivity index (χ3v) is 3.58. The van der Waals surface area contributed by atoms with Gasteiger partial charge in [-0.2, -0.15) is 4.98 Å². The zero-order chi connectivity index (χ0) is 14.1. The summed E-state index contributed by atoms with van der Waals surface area (Å²) >= 11 is 0. The Bertz CT molecular complexity index is 638. The molecule has 1 aromatic carbocycles. The highest BCUT2D eigenvalue weighted by molar-refractivity contribution is 5.85. The Balaban J connectivity index is 1.90. The fourth-order valence-corrected chi connectivity index (χ4v) is 2.66. The third-order valence-electron chi connectivity index (χ3n) is 3.58. The van der Waals surface area contributed by atoms with E-state index >= 15 is 0 Å². The normalized spacial score (nSPS) is 17.9. The van der Waals surface area contributed by atoms with E-state index in [0.717, 1.165) is 17.8 Å². The maximum Gasteiger partial charge on any atom is 0.246 e. The Morgan fingerprint density at radius 1 is 1.50 bits per heavy atom.